The number of hydrogen-bond acceptors (Lipinski definition) is 3. The van der Waals surface area contributed by atoms with Crippen LogP contribution in [-0.2, 0) is 0 Å². The third-order valence-electron chi connectivity index (χ3n) is 3.40. The topological polar surface area (TPSA) is 29.5 Å². The number of amides is 1. The van der Waals surface area contributed by atoms with Gasteiger partial charge in [0.25, 0.3) is 5.91 Å². The SMILES string of the molecule is C=C(C)CN(CC)C(=O)c1ccc(-c2ccc(OCC)cc2)s1. The van der Waals surface area contributed by atoms with Gasteiger partial charge in [-0.1, -0.05) is 12.2 Å². The van der Waals surface area contributed by atoms with Gasteiger partial charge in [-0.25, -0.2) is 0 Å². The Morgan fingerprint density at radius 1 is 1.17 bits per heavy atom. The van der Waals surface area contributed by atoms with Crippen molar-refractivity contribution >= 4 is 17.2 Å². The minimum absolute atomic E-state index is 0.0673. The average molecular weight is 329 g/mol. The molecule has 0 atom stereocenters. The fourth-order valence-electron chi connectivity index (χ4n) is 2.30. The fourth-order valence-corrected chi connectivity index (χ4v) is 3.28. The zero-order valence-electron chi connectivity index (χ0n) is 14.0. The van der Waals surface area contributed by atoms with Crippen molar-refractivity contribution in [3.8, 4) is 16.2 Å². The zero-order chi connectivity index (χ0) is 16.8. The van der Waals surface area contributed by atoms with Gasteiger partial charge < -0.3 is 9.64 Å². The van der Waals surface area contributed by atoms with Crippen molar-refractivity contribution in [2.24, 2.45) is 0 Å². The molecule has 0 saturated heterocycles. The molecule has 122 valence electrons. The number of ether oxygens (including phenoxy) is 1. The minimum atomic E-state index is 0.0673. The van der Waals surface area contributed by atoms with Crippen LogP contribution in [0.1, 0.15) is 30.4 Å². The van der Waals surface area contributed by atoms with Crippen LogP contribution in [0.3, 0.4) is 0 Å². The predicted octanol–water partition coefficient (Wildman–Crippen LogP) is 4.85. The summed E-state index contributed by atoms with van der Waals surface area (Å²) in [6, 6.07) is 11.9. The second-order valence-electron chi connectivity index (χ2n) is 5.40. The van der Waals surface area contributed by atoms with Gasteiger partial charge in [-0.15, -0.1) is 11.3 Å². The lowest BCUT2D eigenvalue weighted by Crippen LogP contribution is -2.31. The first-order valence-electron chi connectivity index (χ1n) is 7.81. The van der Waals surface area contributed by atoms with Crippen LogP contribution in [0.15, 0.2) is 48.6 Å². The van der Waals surface area contributed by atoms with E-state index in [0.717, 1.165) is 26.6 Å². The Balaban J connectivity index is 2.16. The molecule has 0 bridgehead atoms. The largest absolute Gasteiger partial charge is 0.494 e. The normalized spacial score (nSPS) is 10.4. The van der Waals surface area contributed by atoms with Crippen molar-refractivity contribution in [1.82, 2.24) is 4.90 Å². The summed E-state index contributed by atoms with van der Waals surface area (Å²) in [5.74, 6) is 0.931. The summed E-state index contributed by atoms with van der Waals surface area (Å²) in [7, 11) is 0. The van der Waals surface area contributed by atoms with Crippen LogP contribution in [0, 0.1) is 0 Å². The molecule has 1 amide bonds. The molecule has 2 aromatic rings. The maximum absolute atomic E-state index is 12.6. The van der Waals surface area contributed by atoms with E-state index >= 15 is 0 Å². The number of carbonyl (C=O) groups excluding carboxylic acids is 1. The van der Waals surface area contributed by atoms with Crippen LogP contribution in [0.5, 0.6) is 5.75 Å². The maximum atomic E-state index is 12.6. The summed E-state index contributed by atoms with van der Waals surface area (Å²) in [5.41, 5.74) is 2.09. The highest BCUT2D eigenvalue weighted by Gasteiger charge is 2.16. The summed E-state index contributed by atoms with van der Waals surface area (Å²) in [6.07, 6.45) is 0. The number of nitrogens with zero attached hydrogens (tertiary/aromatic N) is 1. The maximum Gasteiger partial charge on any atom is 0.264 e. The second-order valence-corrected chi connectivity index (χ2v) is 6.48. The minimum Gasteiger partial charge on any atom is -0.494 e. The highest BCUT2D eigenvalue weighted by atomic mass is 32.1. The smallest absolute Gasteiger partial charge is 0.264 e. The lowest BCUT2D eigenvalue weighted by Gasteiger charge is -2.20. The van der Waals surface area contributed by atoms with Gasteiger partial charge in [-0.2, -0.15) is 0 Å². The number of hydrogen-bond donors (Lipinski definition) is 0. The van der Waals surface area contributed by atoms with Crippen LogP contribution >= 0.6 is 11.3 Å². The second kappa shape index (κ2) is 7.97. The number of carbonyl (C=O) groups is 1. The third-order valence-corrected chi connectivity index (χ3v) is 4.52. The molecule has 0 aliphatic heterocycles. The van der Waals surface area contributed by atoms with Gasteiger partial charge >= 0.3 is 0 Å². The van der Waals surface area contributed by atoms with E-state index in [1.807, 2.05) is 62.1 Å². The molecule has 1 heterocycles. The molecule has 0 N–H and O–H groups in total. The van der Waals surface area contributed by atoms with E-state index < -0.39 is 0 Å². The lowest BCUT2D eigenvalue weighted by molar-refractivity contribution is 0.0783. The standard InChI is InChI=1S/C19H23NO2S/c1-5-20(13-14(3)4)19(21)18-12-11-17(23-18)15-7-9-16(10-8-15)22-6-2/h7-12H,3,5-6,13H2,1-2,4H3. The first-order chi connectivity index (χ1) is 11.0. The molecule has 1 aromatic heterocycles. The molecule has 0 saturated carbocycles. The number of benzene rings is 1. The predicted molar refractivity (Wildman–Crippen MR) is 97.3 cm³/mol. The molecule has 2 rings (SSSR count). The third kappa shape index (κ3) is 4.45. The molecule has 23 heavy (non-hydrogen) atoms. The average Bonchev–Trinajstić information content (AvgIpc) is 3.02. The monoisotopic (exact) mass is 329 g/mol. The summed E-state index contributed by atoms with van der Waals surface area (Å²) >= 11 is 1.52. The van der Waals surface area contributed by atoms with Crippen molar-refractivity contribution in [2.75, 3.05) is 19.7 Å². The molecular formula is C19H23NO2S. The lowest BCUT2D eigenvalue weighted by atomic mass is 10.2. The van der Waals surface area contributed by atoms with Crippen LogP contribution < -0.4 is 4.74 Å². The van der Waals surface area contributed by atoms with Crippen molar-refractivity contribution < 1.29 is 9.53 Å². The van der Waals surface area contributed by atoms with Gasteiger partial charge in [0.2, 0.25) is 0 Å². The molecule has 0 aliphatic rings. The van der Waals surface area contributed by atoms with Gasteiger partial charge in [0.15, 0.2) is 0 Å². The van der Waals surface area contributed by atoms with Crippen molar-refractivity contribution in [2.45, 2.75) is 20.8 Å². The number of rotatable bonds is 7. The van der Waals surface area contributed by atoms with Crippen LogP contribution in [-0.4, -0.2) is 30.5 Å². The van der Waals surface area contributed by atoms with E-state index in [-0.39, 0.29) is 5.91 Å². The summed E-state index contributed by atoms with van der Waals surface area (Å²) in [6.45, 7) is 11.7. The van der Waals surface area contributed by atoms with E-state index in [9.17, 15) is 4.79 Å². The first kappa shape index (κ1) is 17.3. The van der Waals surface area contributed by atoms with Crippen LogP contribution in [0.4, 0.5) is 0 Å². The molecule has 0 radical (unpaired) electrons. The Kier molecular flexibility index (Phi) is 5.99. The fraction of sp³-hybridized carbons (Fsp3) is 0.316. The first-order valence-corrected chi connectivity index (χ1v) is 8.63. The molecule has 0 aliphatic carbocycles. The van der Waals surface area contributed by atoms with Gasteiger partial charge in [-0.05, 0) is 62.7 Å². The number of likely N-dealkylation sites (N-methyl/N-ethyl adjacent to an activating group) is 1. The molecule has 0 unspecified atom stereocenters. The summed E-state index contributed by atoms with van der Waals surface area (Å²) in [5, 5.41) is 0. The Morgan fingerprint density at radius 2 is 1.87 bits per heavy atom. The molecular weight excluding hydrogens is 306 g/mol. The van der Waals surface area contributed by atoms with Crippen LogP contribution in [0.25, 0.3) is 10.4 Å². The molecule has 4 heteroatoms. The quantitative estimate of drug-likeness (QED) is 0.679. The molecule has 0 spiro atoms. The highest BCUT2D eigenvalue weighted by molar-refractivity contribution is 7.17. The number of thiophene rings is 1. The van der Waals surface area contributed by atoms with Crippen molar-refractivity contribution in [3.05, 3.63) is 53.4 Å². The Hall–Kier alpha value is -2.07. The van der Waals surface area contributed by atoms with E-state index in [0.29, 0.717) is 19.7 Å². The van der Waals surface area contributed by atoms with Crippen LogP contribution in [0.2, 0.25) is 0 Å². The van der Waals surface area contributed by atoms with Crippen molar-refractivity contribution in [3.63, 3.8) is 0 Å². The Bertz CT molecular complexity index is 673. The molecule has 1 aromatic carbocycles. The van der Waals surface area contributed by atoms with Gasteiger partial charge in [0.05, 0.1) is 11.5 Å². The summed E-state index contributed by atoms with van der Waals surface area (Å²) in [4.78, 5) is 16.2. The van der Waals surface area contributed by atoms with E-state index in [1.165, 1.54) is 11.3 Å². The van der Waals surface area contributed by atoms with E-state index in [1.54, 1.807) is 0 Å². The van der Waals surface area contributed by atoms with Crippen molar-refractivity contribution in [1.29, 1.82) is 0 Å². The Labute approximate surface area is 142 Å². The molecule has 3 nitrogen and oxygen atoms in total. The molecule has 0 fully saturated rings. The van der Waals surface area contributed by atoms with E-state index in [2.05, 4.69) is 6.58 Å². The Morgan fingerprint density at radius 3 is 2.43 bits per heavy atom. The zero-order valence-corrected chi connectivity index (χ0v) is 14.8. The van der Waals surface area contributed by atoms with Gasteiger partial charge in [-0.3, -0.25) is 4.79 Å². The van der Waals surface area contributed by atoms with Gasteiger partial charge in [0.1, 0.15) is 5.75 Å². The van der Waals surface area contributed by atoms with Gasteiger partial charge in [0, 0.05) is 18.0 Å². The van der Waals surface area contributed by atoms with E-state index in [4.69, 9.17) is 4.74 Å². The highest BCUT2D eigenvalue weighted by Crippen LogP contribution is 2.30. The summed E-state index contributed by atoms with van der Waals surface area (Å²) < 4.78 is 5.46.